The van der Waals surface area contributed by atoms with Crippen molar-refractivity contribution in [1.29, 1.82) is 5.26 Å². The third-order valence-electron chi connectivity index (χ3n) is 1.98. The molecule has 1 rings (SSSR count). The van der Waals surface area contributed by atoms with E-state index in [2.05, 4.69) is 15.5 Å². The summed E-state index contributed by atoms with van der Waals surface area (Å²) in [5.41, 5.74) is 5.75. The number of alkyl carbamates (subject to hydrolysis) is 1. The molecular formula is C12H17N5O2. The lowest BCUT2D eigenvalue weighted by molar-refractivity contribution is 0.0534. The van der Waals surface area contributed by atoms with Crippen LogP contribution in [0.4, 0.5) is 10.6 Å². The summed E-state index contributed by atoms with van der Waals surface area (Å²) in [6.45, 7) is 5.64. The number of anilines is 1. The van der Waals surface area contributed by atoms with Gasteiger partial charge in [-0.15, -0.1) is 0 Å². The minimum Gasteiger partial charge on any atom is -0.444 e. The van der Waals surface area contributed by atoms with Crippen LogP contribution in [0.15, 0.2) is 6.08 Å². The summed E-state index contributed by atoms with van der Waals surface area (Å²) in [7, 11) is 0. The maximum Gasteiger partial charge on any atom is 0.407 e. The number of hydrogen-bond acceptors (Lipinski definition) is 5. The first-order chi connectivity index (χ1) is 8.83. The number of aromatic nitrogens is 2. The number of nitrogens with two attached hydrogens (primary N) is 1. The molecule has 0 aliphatic heterocycles. The minimum absolute atomic E-state index is 0.155. The molecule has 7 heteroatoms. The van der Waals surface area contributed by atoms with E-state index in [1.54, 1.807) is 32.9 Å². The van der Waals surface area contributed by atoms with E-state index in [1.807, 2.05) is 6.07 Å². The number of H-pyrrole nitrogens is 1. The average molecular weight is 263 g/mol. The van der Waals surface area contributed by atoms with Crippen molar-refractivity contribution < 1.29 is 9.53 Å². The number of nitrogen functional groups attached to an aromatic ring is 1. The highest BCUT2D eigenvalue weighted by atomic mass is 16.6. The van der Waals surface area contributed by atoms with Gasteiger partial charge < -0.3 is 15.8 Å². The molecule has 1 amide bonds. The van der Waals surface area contributed by atoms with Crippen LogP contribution in [0.5, 0.6) is 0 Å². The van der Waals surface area contributed by atoms with Gasteiger partial charge in [-0.2, -0.15) is 10.4 Å². The summed E-state index contributed by atoms with van der Waals surface area (Å²) in [5, 5.41) is 17.7. The number of ether oxygens (including phenoxy) is 1. The molecule has 0 aliphatic rings. The smallest absolute Gasteiger partial charge is 0.407 e. The second-order valence-corrected chi connectivity index (χ2v) is 4.79. The highest BCUT2D eigenvalue weighted by molar-refractivity contribution is 5.68. The number of aromatic amines is 1. The van der Waals surface area contributed by atoms with E-state index >= 15 is 0 Å². The molecule has 0 unspecified atom stereocenters. The van der Waals surface area contributed by atoms with Crippen molar-refractivity contribution in [2.75, 3.05) is 12.3 Å². The average Bonchev–Trinajstić information content (AvgIpc) is 2.63. The van der Waals surface area contributed by atoms with Gasteiger partial charge >= 0.3 is 6.09 Å². The van der Waals surface area contributed by atoms with Gasteiger partial charge in [0, 0.05) is 6.54 Å². The fraction of sp³-hybridized carbons (Fsp3) is 0.417. The van der Waals surface area contributed by atoms with E-state index in [-0.39, 0.29) is 17.9 Å². The molecule has 4 N–H and O–H groups in total. The fourth-order valence-corrected chi connectivity index (χ4v) is 1.24. The van der Waals surface area contributed by atoms with E-state index in [1.165, 1.54) is 0 Å². The lowest BCUT2D eigenvalue weighted by atomic mass is 10.2. The normalized spacial score (nSPS) is 11.3. The van der Waals surface area contributed by atoms with Crippen LogP contribution in [0.2, 0.25) is 0 Å². The van der Waals surface area contributed by atoms with Crippen LogP contribution in [-0.2, 0) is 4.74 Å². The van der Waals surface area contributed by atoms with Crippen LogP contribution in [0, 0.1) is 11.3 Å². The zero-order valence-corrected chi connectivity index (χ0v) is 11.2. The summed E-state index contributed by atoms with van der Waals surface area (Å²) in [6.07, 6.45) is 2.79. The number of carbonyl (C=O) groups excluding carboxylic acids is 1. The molecule has 0 fully saturated rings. The Morgan fingerprint density at radius 2 is 2.32 bits per heavy atom. The second kappa shape index (κ2) is 5.91. The molecular weight excluding hydrogens is 246 g/mol. The number of rotatable bonds is 3. The molecule has 1 aromatic heterocycles. The molecule has 0 atom stereocenters. The lowest BCUT2D eigenvalue weighted by Crippen LogP contribution is -2.32. The fourth-order valence-electron chi connectivity index (χ4n) is 1.24. The van der Waals surface area contributed by atoms with E-state index in [4.69, 9.17) is 15.7 Å². The van der Waals surface area contributed by atoms with Gasteiger partial charge in [0.25, 0.3) is 0 Å². The number of amides is 1. The van der Waals surface area contributed by atoms with Crippen LogP contribution in [0.3, 0.4) is 0 Å². The predicted octanol–water partition coefficient (Wildman–Crippen LogP) is 1.40. The van der Waals surface area contributed by atoms with Gasteiger partial charge in [0.05, 0.1) is 5.69 Å². The van der Waals surface area contributed by atoms with Gasteiger partial charge in [-0.3, -0.25) is 5.10 Å². The van der Waals surface area contributed by atoms with Crippen molar-refractivity contribution in [3.8, 4) is 6.07 Å². The van der Waals surface area contributed by atoms with Crippen molar-refractivity contribution in [2.24, 2.45) is 0 Å². The largest absolute Gasteiger partial charge is 0.444 e. The van der Waals surface area contributed by atoms with Crippen molar-refractivity contribution in [2.45, 2.75) is 26.4 Å². The molecule has 0 spiro atoms. The minimum atomic E-state index is -0.528. The van der Waals surface area contributed by atoms with Gasteiger partial charge in [-0.1, -0.05) is 6.08 Å². The first kappa shape index (κ1) is 14.6. The second-order valence-electron chi connectivity index (χ2n) is 4.79. The summed E-state index contributed by atoms with van der Waals surface area (Å²) in [4.78, 5) is 11.3. The molecule has 1 heterocycles. The van der Waals surface area contributed by atoms with Gasteiger partial charge in [0.2, 0.25) is 0 Å². The van der Waals surface area contributed by atoms with Gasteiger partial charge in [-0.25, -0.2) is 4.79 Å². The Balaban J connectivity index is 2.47. The first-order valence-corrected chi connectivity index (χ1v) is 5.71. The van der Waals surface area contributed by atoms with Crippen LogP contribution in [0.1, 0.15) is 32.0 Å². The summed E-state index contributed by atoms with van der Waals surface area (Å²) < 4.78 is 5.06. The highest BCUT2D eigenvalue weighted by Crippen LogP contribution is 2.12. The predicted molar refractivity (Wildman–Crippen MR) is 71.0 cm³/mol. The zero-order valence-electron chi connectivity index (χ0n) is 11.2. The molecule has 0 aliphatic carbocycles. The number of nitriles is 1. The highest BCUT2D eigenvalue weighted by Gasteiger charge is 2.15. The van der Waals surface area contributed by atoms with E-state index in [0.717, 1.165) is 0 Å². The Kier molecular flexibility index (Phi) is 4.53. The van der Waals surface area contributed by atoms with Gasteiger partial charge in [-0.05, 0) is 26.8 Å². The van der Waals surface area contributed by atoms with Crippen molar-refractivity contribution in [3.05, 3.63) is 17.3 Å². The van der Waals surface area contributed by atoms with Crippen LogP contribution >= 0.6 is 0 Å². The first-order valence-electron chi connectivity index (χ1n) is 5.71. The van der Waals surface area contributed by atoms with Crippen LogP contribution < -0.4 is 11.1 Å². The Morgan fingerprint density at radius 1 is 1.63 bits per heavy atom. The Morgan fingerprint density at radius 3 is 2.89 bits per heavy atom. The number of nitrogens with one attached hydrogen (secondary N) is 2. The summed E-state index contributed by atoms with van der Waals surface area (Å²) >= 11 is 0. The van der Waals surface area contributed by atoms with Crippen LogP contribution in [0.25, 0.3) is 6.08 Å². The molecule has 0 radical (unpaired) electrons. The van der Waals surface area contributed by atoms with E-state index in [9.17, 15) is 4.79 Å². The van der Waals surface area contributed by atoms with Crippen molar-refractivity contribution in [1.82, 2.24) is 15.5 Å². The number of nitrogens with zero attached hydrogens (tertiary/aromatic N) is 2. The molecule has 0 bridgehead atoms. The molecule has 7 nitrogen and oxygen atoms in total. The quantitative estimate of drug-likeness (QED) is 0.762. The molecule has 1 aromatic rings. The molecule has 0 saturated heterocycles. The zero-order chi connectivity index (χ0) is 14.5. The van der Waals surface area contributed by atoms with Gasteiger partial charge in [0.1, 0.15) is 17.2 Å². The third-order valence-corrected chi connectivity index (χ3v) is 1.98. The Hall–Kier alpha value is -2.49. The van der Waals surface area contributed by atoms with Crippen LogP contribution in [-0.4, -0.2) is 28.4 Å². The third kappa shape index (κ3) is 4.71. The molecule has 19 heavy (non-hydrogen) atoms. The van der Waals surface area contributed by atoms with Crippen molar-refractivity contribution in [3.63, 3.8) is 0 Å². The van der Waals surface area contributed by atoms with Gasteiger partial charge in [0.15, 0.2) is 5.82 Å². The SMILES string of the molecule is CC(C)(C)OC(=O)NCC=Cc1[nH]nc(N)c1C#N. The summed E-state index contributed by atoms with van der Waals surface area (Å²) in [5.74, 6) is 0.155. The van der Waals surface area contributed by atoms with Crippen molar-refractivity contribution >= 4 is 18.0 Å². The Labute approximate surface area is 111 Å². The lowest BCUT2D eigenvalue weighted by Gasteiger charge is -2.19. The van der Waals surface area contributed by atoms with E-state index < -0.39 is 11.7 Å². The number of hydrogen-bond donors (Lipinski definition) is 3. The molecule has 0 saturated carbocycles. The maximum absolute atomic E-state index is 11.3. The number of carbonyl (C=O) groups is 1. The Bertz CT molecular complexity index is 519. The molecule has 102 valence electrons. The standard InChI is InChI=1S/C12H17N5O2/c1-12(2,3)19-11(18)15-6-4-5-9-8(7-13)10(14)17-16-9/h4-5H,6H2,1-3H3,(H,15,18)(H3,14,16,17). The maximum atomic E-state index is 11.3. The van der Waals surface area contributed by atoms with E-state index in [0.29, 0.717) is 5.69 Å². The topological polar surface area (TPSA) is 117 Å². The monoisotopic (exact) mass is 263 g/mol. The summed E-state index contributed by atoms with van der Waals surface area (Å²) in [6, 6.07) is 1.94. The molecule has 0 aromatic carbocycles.